The predicted molar refractivity (Wildman–Crippen MR) is 61.5 cm³/mol. The zero-order valence-corrected chi connectivity index (χ0v) is 14.3. The van der Waals surface area contributed by atoms with Gasteiger partial charge in [0, 0.05) is 5.41 Å². The molecule has 96 valence electrons. The Balaban J connectivity index is 0. The van der Waals surface area contributed by atoms with Crippen molar-refractivity contribution < 1.29 is 47.3 Å². The Morgan fingerprint density at radius 3 is 2.00 bits per heavy atom. The third kappa shape index (κ3) is 8.15. The SMILES string of the molecule is CCC(C)(C)C(=N)OC(C)(C)CS(=O)(=O)[O-].[Na+]. The molecule has 0 aliphatic carbocycles. The smallest absolute Gasteiger partial charge is 0.748 e. The van der Waals surface area contributed by atoms with Crippen LogP contribution in [-0.4, -0.2) is 30.2 Å². The van der Waals surface area contributed by atoms with Gasteiger partial charge in [0.1, 0.15) is 5.60 Å². The summed E-state index contributed by atoms with van der Waals surface area (Å²) in [6, 6.07) is 0. The van der Waals surface area contributed by atoms with E-state index in [-0.39, 0.29) is 35.5 Å². The maximum atomic E-state index is 10.6. The van der Waals surface area contributed by atoms with E-state index in [1.165, 1.54) is 13.8 Å². The van der Waals surface area contributed by atoms with Crippen LogP contribution in [0.15, 0.2) is 0 Å². The molecule has 5 nitrogen and oxygen atoms in total. The van der Waals surface area contributed by atoms with E-state index < -0.39 is 26.9 Å². The van der Waals surface area contributed by atoms with Crippen LogP contribution in [-0.2, 0) is 14.9 Å². The van der Waals surface area contributed by atoms with Gasteiger partial charge in [0.2, 0.25) is 0 Å². The Bertz CT molecular complexity index is 363. The van der Waals surface area contributed by atoms with Crippen LogP contribution in [0.1, 0.15) is 41.0 Å². The molecule has 7 heteroatoms. The second kappa shape index (κ2) is 6.52. The minimum Gasteiger partial charge on any atom is -0.748 e. The van der Waals surface area contributed by atoms with E-state index in [4.69, 9.17) is 10.1 Å². The van der Waals surface area contributed by atoms with E-state index in [1.807, 2.05) is 20.8 Å². The Labute approximate surface area is 126 Å². The van der Waals surface area contributed by atoms with Crippen LogP contribution >= 0.6 is 0 Å². The van der Waals surface area contributed by atoms with E-state index in [2.05, 4.69) is 0 Å². The van der Waals surface area contributed by atoms with Crippen molar-refractivity contribution in [3.63, 3.8) is 0 Å². The van der Waals surface area contributed by atoms with E-state index in [0.717, 1.165) is 0 Å². The molecule has 0 spiro atoms. The predicted octanol–water partition coefficient (Wildman–Crippen LogP) is -1.26. The molecule has 0 rings (SSSR count). The van der Waals surface area contributed by atoms with Crippen LogP contribution in [0.2, 0.25) is 0 Å². The molecule has 0 aromatic rings. The molecule has 0 radical (unpaired) electrons. The first kappa shape index (κ1) is 19.7. The van der Waals surface area contributed by atoms with Crippen LogP contribution in [0.4, 0.5) is 0 Å². The van der Waals surface area contributed by atoms with Gasteiger partial charge in [-0.3, -0.25) is 5.41 Å². The Morgan fingerprint density at radius 2 is 1.71 bits per heavy atom. The first-order chi connectivity index (χ1) is 6.90. The van der Waals surface area contributed by atoms with Gasteiger partial charge in [0.25, 0.3) is 0 Å². The van der Waals surface area contributed by atoms with Crippen LogP contribution in [0.5, 0.6) is 0 Å². The Hall–Kier alpha value is 0.380. The fraction of sp³-hybridized carbons (Fsp3) is 0.900. The molecule has 0 atom stereocenters. The maximum absolute atomic E-state index is 10.6. The molecule has 0 saturated heterocycles. The first-order valence-corrected chi connectivity index (χ1v) is 6.69. The third-order valence-electron chi connectivity index (χ3n) is 2.40. The standard InChI is InChI=1S/C10H21NO4S.Na/c1-6-9(2,3)8(11)15-10(4,5)7-16(12,13)14;/h11H,6-7H2,1-5H3,(H,12,13,14);/q;+1/p-1. The Morgan fingerprint density at radius 1 is 1.29 bits per heavy atom. The zero-order chi connectivity index (χ0) is 13.2. The summed E-state index contributed by atoms with van der Waals surface area (Å²) in [4.78, 5) is 0. The average Bonchev–Trinajstić information content (AvgIpc) is 1.98. The van der Waals surface area contributed by atoms with Crippen LogP contribution in [0.3, 0.4) is 0 Å². The second-order valence-corrected chi connectivity index (χ2v) is 6.53. The number of hydrogen-bond donors (Lipinski definition) is 1. The van der Waals surface area contributed by atoms with Gasteiger partial charge in [0.05, 0.1) is 15.9 Å². The fourth-order valence-electron chi connectivity index (χ4n) is 1.03. The summed E-state index contributed by atoms with van der Waals surface area (Å²) in [6.45, 7) is 8.55. The number of ether oxygens (including phenoxy) is 1. The summed E-state index contributed by atoms with van der Waals surface area (Å²) in [5.41, 5.74) is -1.62. The van der Waals surface area contributed by atoms with Crippen molar-refractivity contribution in [2.45, 2.75) is 46.6 Å². The van der Waals surface area contributed by atoms with Crippen LogP contribution in [0, 0.1) is 10.8 Å². The first-order valence-electron chi connectivity index (χ1n) is 5.11. The van der Waals surface area contributed by atoms with Crippen molar-refractivity contribution in [1.29, 1.82) is 5.41 Å². The molecule has 0 aromatic carbocycles. The molecule has 0 heterocycles. The fourth-order valence-corrected chi connectivity index (χ4v) is 1.94. The van der Waals surface area contributed by atoms with Crippen molar-refractivity contribution in [3.05, 3.63) is 0 Å². The molecule has 0 saturated carbocycles. The van der Waals surface area contributed by atoms with Crippen molar-refractivity contribution >= 4 is 16.0 Å². The molecule has 0 aliphatic rings. The van der Waals surface area contributed by atoms with Crippen LogP contribution < -0.4 is 29.6 Å². The maximum Gasteiger partial charge on any atom is 1.00 e. The zero-order valence-electron chi connectivity index (χ0n) is 11.5. The van der Waals surface area contributed by atoms with Gasteiger partial charge in [-0.1, -0.05) is 20.8 Å². The van der Waals surface area contributed by atoms with Gasteiger partial charge in [-0.25, -0.2) is 8.42 Å². The van der Waals surface area contributed by atoms with Gasteiger partial charge >= 0.3 is 29.6 Å². The van der Waals surface area contributed by atoms with Gasteiger partial charge in [-0.15, -0.1) is 0 Å². The molecule has 0 aromatic heterocycles. The average molecular weight is 273 g/mol. The van der Waals surface area contributed by atoms with Crippen LogP contribution in [0.25, 0.3) is 0 Å². The molecule has 0 aliphatic heterocycles. The molecule has 0 bridgehead atoms. The summed E-state index contributed by atoms with van der Waals surface area (Å²) in [5, 5.41) is 7.74. The molecule has 1 N–H and O–H groups in total. The van der Waals surface area contributed by atoms with Gasteiger partial charge in [-0.05, 0) is 20.3 Å². The summed E-state index contributed by atoms with van der Waals surface area (Å²) >= 11 is 0. The molecule has 0 unspecified atom stereocenters. The van der Waals surface area contributed by atoms with E-state index in [9.17, 15) is 13.0 Å². The molecular weight excluding hydrogens is 253 g/mol. The molecule has 0 fully saturated rings. The van der Waals surface area contributed by atoms with E-state index in [0.29, 0.717) is 6.42 Å². The second-order valence-electron chi connectivity index (χ2n) is 5.13. The third-order valence-corrected chi connectivity index (χ3v) is 3.45. The summed E-state index contributed by atoms with van der Waals surface area (Å²) in [5.74, 6) is -0.633. The summed E-state index contributed by atoms with van der Waals surface area (Å²) in [6.07, 6.45) is 0.700. The van der Waals surface area contributed by atoms with Crippen molar-refractivity contribution in [1.82, 2.24) is 0 Å². The summed E-state index contributed by atoms with van der Waals surface area (Å²) < 4.78 is 37.2. The quantitative estimate of drug-likeness (QED) is 0.293. The van der Waals surface area contributed by atoms with Crippen molar-refractivity contribution in [3.8, 4) is 0 Å². The van der Waals surface area contributed by atoms with Crippen molar-refractivity contribution in [2.24, 2.45) is 5.41 Å². The van der Waals surface area contributed by atoms with E-state index in [1.54, 1.807) is 0 Å². The minimum atomic E-state index is -4.35. The Kier molecular flexibility index (Phi) is 7.56. The van der Waals surface area contributed by atoms with E-state index >= 15 is 0 Å². The van der Waals surface area contributed by atoms with Gasteiger partial charge in [-0.2, -0.15) is 0 Å². The number of hydrogen-bond acceptors (Lipinski definition) is 5. The monoisotopic (exact) mass is 273 g/mol. The molecule has 0 amide bonds. The number of rotatable bonds is 5. The molecule has 17 heavy (non-hydrogen) atoms. The van der Waals surface area contributed by atoms with Gasteiger partial charge < -0.3 is 9.29 Å². The largest absolute Gasteiger partial charge is 1.00 e. The summed E-state index contributed by atoms with van der Waals surface area (Å²) in [7, 11) is -4.35. The minimum absolute atomic E-state index is 0. The molecular formula is C10H20NNaO4S. The van der Waals surface area contributed by atoms with Crippen molar-refractivity contribution in [2.75, 3.05) is 5.75 Å². The number of nitrogens with one attached hydrogen (secondary N) is 1. The topological polar surface area (TPSA) is 90.3 Å². The normalized spacial score (nSPS) is 12.8. The van der Waals surface area contributed by atoms with Gasteiger partial charge in [0.15, 0.2) is 5.90 Å².